The molecule has 2 aromatic heterocycles. The van der Waals surface area contributed by atoms with E-state index in [1.807, 2.05) is 6.92 Å². The summed E-state index contributed by atoms with van der Waals surface area (Å²) in [5.41, 5.74) is 0.739. The molecule has 0 saturated carbocycles. The Morgan fingerprint density at radius 2 is 2.22 bits per heavy atom. The van der Waals surface area contributed by atoms with Crippen LogP contribution in [0.4, 0.5) is 5.95 Å². The van der Waals surface area contributed by atoms with Gasteiger partial charge in [-0.25, -0.2) is 9.97 Å². The summed E-state index contributed by atoms with van der Waals surface area (Å²) in [6.45, 7) is 3.17. The standard InChI is InChI=1S/C12H13BrN4O/c1-2-14-12-15-6-5-10(16-12)8-17-7-9(13)3-4-11(17)18/h3-7H,2,8H2,1H3,(H,14,15,16). The first kappa shape index (κ1) is 12.8. The molecule has 6 heteroatoms. The molecule has 0 atom stereocenters. The maximum absolute atomic E-state index is 11.7. The van der Waals surface area contributed by atoms with E-state index in [9.17, 15) is 4.79 Å². The van der Waals surface area contributed by atoms with E-state index in [1.54, 1.807) is 29.1 Å². The molecule has 18 heavy (non-hydrogen) atoms. The van der Waals surface area contributed by atoms with Gasteiger partial charge >= 0.3 is 0 Å². The third-order valence-corrected chi connectivity index (χ3v) is 2.80. The van der Waals surface area contributed by atoms with Gasteiger partial charge in [-0.1, -0.05) is 0 Å². The Balaban J connectivity index is 2.25. The van der Waals surface area contributed by atoms with Crippen LogP contribution in [0.15, 0.2) is 39.9 Å². The lowest BCUT2D eigenvalue weighted by Crippen LogP contribution is -2.19. The molecule has 0 aliphatic carbocycles. The van der Waals surface area contributed by atoms with Crippen LogP contribution in [0.3, 0.4) is 0 Å². The summed E-state index contributed by atoms with van der Waals surface area (Å²) in [7, 11) is 0. The summed E-state index contributed by atoms with van der Waals surface area (Å²) in [5, 5.41) is 3.04. The SMILES string of the molecule is CCNc1nccc(Cn2cc(Br)ccc2=O)n1. The van der Waals surface area contributed by atoms with Crippen LogP contribution in [0.1, 0.15) is 12.6 Å². The quantitative estimate of drug-likeness (QED) is 0.937. The minimum absolute atomic E-state index is 0.0539. The van der Waals surface area contributed by atoms with E-state index < -0.39 is 0 Å². The van der Waals surface area contributed by atoms with Crippen LogP contribution < -0.4 is 10.9 Å². The van der Waals surface area contributed by atoms with Crippen molar-refractivity contribution < 1.29 is 0 Å². The normalized spacial score (nSPS) is 10.3. The number of rotatable bonds is 4. The first-order chi connectivity index (χ1) is 8.69. The Hall–Kier alpha value is -1.69. The van der Waals surface area contributed by atoms with Gasteiger partial charge in [0.1, 0.15) is 0 Å². The van der Waals surface area contributed by atoms with Crippen molar-refractivity contribution in [2.24, 2.45) is 0 Å². The highest BCUT2D eigenvalue weighted by Crippen LogP contribution is 2.07. The summed E-state index contributed by atoms with van der Waals surface area (Å²) in [6.07, 6.45) is 3.43. The average Bonchev–Trinajstić information content (AvgIpc) is 2.35. The first-order valence-electron chi connectivity index (χ1n) is 5.61. The highest BCUT2D eigenvalue weighted by Gasteiger charge is 2.02. The lowest BCUT2D eigenvalue weighted by Gasteiger charge is -2.07. The highest BCUT2D eigenvalue weighted by molar-refractivity contribution is 9.10. The van der Waals surface area contributed by atoms with Crippen LogP contribution in [0.5, 0.6) is 0 Å². The molecule has 5 nitrogen and oxygen atoms in total. The zero-order valence-electron chi connectivity index (χ0n) is 9.93. The van der Waals surface area contributed by atoms with Crippen LogP contribution in [-0.4, -0.2) is 21.1 Å². The number of halogens is 1. The summed E-state index contributed by atoms with van der Waals surface area (Å²) in [4.78, 5) is 20.1. The predicted octanol–water partition coefficient (Wildman–Crippen LogP) is 1.88. The molecule has 0 fully saturated rings. The Morgan fingerprint density at radius 1 is 1.39 bits per heavy atom. The topological polar surface area (TPSA) is 59.8 Å². The van der Waals surface area contributed by atoms with Crippen molar-refractivity contribution >= 4 is 21.9 Å². The molecule has 0 aliphatic rings. The predicted molar refractivity (Wildman–Crippen MR) is 73.7 cm³/mol. The van der Waals surface area contributed by atoms with Gasteiger partial charge in [-0.3, -0.25) is 4.79 Å². The summed E-state index contributed by atoms with van der Waals surface area (Å²) < 4.78 is 2.46. The molecule has 94 valence electrons. The number of nitrogens with zero attached hydrogens (tertiary/aromatic N) is 3. The maximum atomic E-state index is 11.7. The second kappa shape index (κ2) is 5.77. The molecule has 2 rings (SSSR count). The molecule has 0 saturated heterocycles. The smallest absolute Gasteiger partial charge is 0.250 e. The van der Waals surface area contributed by atoms with Gasteiger partial charge in [-0.05, 0) is 35.0 Å². The molecule has 0 aromatic carbocycles. The van der Waals surface area contributed by atoms with E-state index in [1.165, 1.54) is 6.07 Å². The average molecular weight is 309 g/mol. The van der Waals surface area contributed by atoms with Crippen molar-refractivity contribution in [2.45, 2.75) is 13.5 Å². The van der Waals surface area contributed by atoms with Gasteiger partial charge in [0.2, 0.25) is 5.95 Å². The zero-order valence-corrected chi connectivity index (χ0v) is 11.5. The van der Waals surface area contributed by atoms with E-state index in [0.717, 1.165) is 16.7 Å². The Bertz CT molecular complexity index is 597. The van der Waals surface area contributed by atoms with E-state index in [2.05, 4.69) is 31.2 Å². The van der Waals surface area contributed by atoms with Gasteiger partial charge in [0.05, 0.1) is 12.2 Å². The largest absolute Gasteiger partial charge is 0.354 e. The number of nitrogens with one attached hydrogen (secondary N) is 1. The Morgan fingerprint density at radius 3 is 3.00 bits per heavy atom. The van der Waals surface area contributed by atoms with Crippen molar-refractivity contribution in [1.82, 2.24) is 14.5 Å². The van der Waals surface area contributed by atoms with Gasteiger partial charge < -0.3 is 9.88 Å². The van der Waals surface area contributed by atoms with Crippen molar-refractivity contribution in [3.63, 3.8) is 0 Å². The van der Waals surface area contributed by atoms with E-state index in [-0.39, 0.29) is 5.56 Å². The first-order valence-corrected chi connectivity index (χ1v) is 6.40. The Kier molecular flexibility index (Phi) is 4.09. The molecule has 2 heterocycles. The summed E-state index contributed by atoms with van der Waals surface area (Å²) in [6, 6.07) is 5.05. The lowest BCUT2D eigenvalue weighted by molar-refractivity contribution is 0.734. The molecule has 0 bridgehead atoms. The molecule has 2 aromatic rings. The van der Waals surface area contributed by atoms with Crippen LogP contribution in [0, 0.1) is 0 Å². The maximum Gasteiger partial charge on any atom is 0.250 e. The van der Waals surface area contributed by atoms with E-state index in [0.29, 0.717) is 12.5 Å². The van der Waals surface area contributed by atoms with Crippen LogP contribution >= 0.6 is 15.9 Å². The molecule has 0 aliphatic heterocycles. The summed E-state index contributed by atoms with van der Waals surface area (Å²) in [5.74, 6) is 0.582. The second-order valence-electron chi connectivity index (χ2n) is 3.72. The monoisotopic (exact) mass is 308 g/mol. The Labute approximate surface area is 113 Å². The van der Waals surface area contributed by atoms with Crippen molar-refractivity contribution in [1.29, 1.82) is 0 Å². The van der Waals surface area contributed by atoms with E-state index >= 15 is 0 Å². The van der Waals surface area contributed by atoms with Crippen LogP contribution in [0.2, 0.25) is 0 Å². The number of pyridine rings is 1. The highest BCUT2D eigenvalue weighted by atomic mass is 79.9. The number of hydrogen-bond donors (Lipinski definition) is 1. The number of aromatic nitrogens is 3. The minimum Gasteiger partial charge on any atom is -0.354 e. The molecule has 0 amide bonds. The summed E-state index contributed by atoms with van der Waals surface area (Å²) >= 11 is 3.34. The van der Waals surface area contributed by atoms with Gasteiger partial charge in [-0.15, -0.1) is 0 Å². The van der Waals surface area contributed by atoms with Crippen LogP contribution in [0.25, 0.3) is 0 Å². The fourth-order valence-corrected chi connectivity index (χ4v) is 1.91. The van der Waals surface area contributed by atoms with Crippen molar-refractivity contribution in [3.8, 4) is 0 Å². The second-order valence-corrected chi connectivity index (χ2v) is 4.63. The number of hydrogen-bond acceptors (Lipinski definition) is 4. The van der Waals surface area contributed by atoms with Gasteiger partial charge in [0, 0.05) is 29.5 Å². The third kappa shape index (κ3) is 3.16. The minimum atomic E-state index is -0.0539. The van der Waals surface area contributed by atoms with Crippen LogP contribution in [-0.2, 0) is 6.54 Å². The van der Waals surface area contributed by atoms with E-state index in [4.69, 9.17) is 0 Å². The fraction of sp³-hybridized carbons (Fsp3) is 0.250. The molecular formula is C12H13BrN4O. The van der Waals surface area contributed by atoms with Gasteiger partial charge in [0.15, 0.2) is 0 Å². The third-order valence-electron chi connectivity index (χ3n) is 2.33. The number of anilines is 1. The molecule has 0 spiro atoms. The fourth-order valence-electron chi connectivity index (χ4n) is 1.53. The lowest BCUT2D eigenvalue weighted by atomic mass is 10.4. The molecule has 1 N–H and O–H groups in total. The van der Waals surface area contributed by atoms with Gasteiger partial charge in [0.25, 0.3) is 5.56 Å². The molecule has 0 radical (unpaired) electrons. The van der Waals surface area contributed by atoms with Crippen molar-refractivity contribution in [2.75, 3.05) is 11.9 Å². The zero-order chi connectivity index (χ0) is 13.0. The van der Waals surface area contributed by atoms with Gasteiger partial charge in [-0.2, -0.15) is 0 Å². The van der Waals surface area contributed by atoms with Crippen molar-refractivity contribution in [3.05, 3.63) is 51.1 Å². The molecule has 0 unspecified atom stereocenters. The molecular weight excluding hydrogens is 296 g/mol.